The van der Waals surface area contributed by atoms with Crippen LogP contribution in [0.2, 0.25) is 0 Å². The molecule has 1 N–H and O–H groups in total. The molecule has 0 radical (unpaired) electrons. The number of halogens is 1. The molecule has 3 heterocycles. The lowest BCUT2D eigenvalue weighted by molar-refractivity contribution is 0.0942. The molecule has 0 aliphatic carbocycles. The summed E-state index contributed by atoms with van der Waals surface area (Å²) in [7, 11) is 0. The Bertz CT molecular complexity index is 779. The Labute approximate surface area is 134 Å². The Morgan fingerprint density at radius 1 is 1.43 bits per heavy atom. The Morgan fingerprint density at radius 2 is 2.19 bits per heavy atom. The summed E-state index contributed by atoms with van der Waals surface area (Å²) >= 11 is 5.19. The molecule has 3 aromatic heterocycles. The molecule has 0 bridgehead atoms. The predicted molar refractivity (Wildman–Crippen MR) is 88.6 cm³/mol. The highest BCUT2D eigenvalue weighted by atomic mass is 79.9. The van der Waals surface area contributed by atoms with Crippen LogP contribution in [0.5, 0.6) is 0 Å². The van der Waals surface area contributed by atoms with Crippen LogP contribution in [0.3, 0.4) is 0 Å². The van der Waals surface area contributed by atoms with Crippen LogP contribution in [0, 0.1) is 0 Å². The van der Waals surface area contributed by atoms with Crippen molar-refractivity contribution >= 4 is 43.4 Å². The molecule has 0 unspecified atom stereocenters. The largest absolute Gasteiger partial charge is 0.347 e. The van der Waals surface area contributed by atoms with Crippen LogP contribution in [-0.2, 0) is 13.1 Å². The summed E-state index contributed by atoms with van der Waals surface area (Å²) in [5.74, 6) is -0.0519. The number of pyridine rings is 1. The number of rotatable bonds is 4. The van der Waals surface area contributed by atoms with Crippen molar-refractivity contribution in [3.05, 3.63) is 51.7 Å². The summed E-state index contributed by atoms with van der Waals surface area (Å²) in [6.45, 7) is 3.31. The number of nitrogens with zero attached hydrogens (tertiary/aromatic N) is 2. The van der Waals surface area contributed by atoms with Gasteiger partial charge in [0.2, 0.25) is 0 Å². The van der Waals surface area contributed by atoms with E-state index in [0.29, 0.717) is 12.2 Å². The van der Waals surface area contributed by atoms with Crippen LogP contribution in [0.1, 0.15) is 23.0 Å². The first-order valence-electron chi connectivity index (χ1n) is 6.64. The SMILES string of the molecule is CCn1c(C(=O)NCc2ccncc2)cc2scc(Br)c21. The summed E-state index contributed by atoms with van der Waals surface area (Å²) in [6, 6.07) is 5.75. The maximum absolute atomic E-state index is 12.4. The molecule has 4 nitrogen and oxygen atoms in total. The van der Waals surface area contributed by atoms with Crippen molar-refractivity contribution in [3.8, 4) is 0 Å². The van der Waals surface area contributed by atoms with E-state index in [9.17, 15) is 4.79 Å². The number of carbonyl (C=O) groups is 1. The summed E-state index contributed by atoms with van der Waals surface area (Å²) < 4.78 is 4.20. The van der Waals surface area contributed by atoms with Crippen molar-refractivity contribution in [2.45, 2.75) is 20.0 Å². The maximum atomic E-state index is 12.4. The molecule has 108 valence electrons. The number of hydrogen-bond acceptors (Lipinski definition) is 3. The van der Waals surface area contributed by atoms with Crippen molar-refractivity contribution in [2.75, 3.05) is 0 Å². The number of thiophene rings is 1. The molecule has 0 spiro atoms. The first-order chi connectivity index (χ1) is 10.2. The number of nitrogens with one attached hydrogen (secondary N) is 1. The third kappa shape index (κ3) is 2.73. The Morgan fingerprint density at radius 3 is 2.90 bits per heavy atom. The minimum atomic E-state index is -0.0519. The maximum Gasteiger partial charge on any atom is 0.268 e. The highest BCUT2D eigenvalue weighted by Crippen LogP contribution is 2.33. The number of aryl methyl sites for hydroxylation is 1. The van der Waals surface area contributed by atoms with E-state index in [2.05, 4.69) is 31.6 Å². The Balaban J connectivity index is 1.84. The van der Waals surface area contributed by atoms with Crippen LogP contribution in [0.4, 0.5) is 0 Å². The second kappa shape index (κ2) is 5.99. The first-order valence-corrected chi connectivity index (χ1v) is 8.31. The van der Waals surface area contributed by atoms with E-state index < -0.39 is 0 Å². The molecule has 3 aromatic rings. The molecular weight excluding hydrogens is 350 g/mol. The molecule has 0 aliphatic heterocycles. The van der Waals surface area contributed by atoms with Gasteiger partial charge >= 0.3 is 0 Å². The molecule has 1 amide bonds. The molecule has 6 heteroatoms. The zero-order valence-electron chi connectivity index (χ0n) is 11.5. The smallest absolute Gasteiger partial charge is 0.268 e. The van der Waals surface area contributed by atoms with Gasteiger partial charge in [0.1, 0.15) is 5.69 Å². The van der Waals surface area contributed by atoms with Crippen LogP contribution in [0.25, 0.3) is 10.2 Å². The zero-order chi connectivity index (χ0) is 14.8. The second-order valence-corrected chi connectivity index (χ2v) is 6.37. The number of amides is 1. The summed E-state index contributed by atoms with van der Waals surface area (Å²) in [5, 5.41) is 5.01. The minimum absolute atomic E-state index is 0.0519. The van der Waals surface area contributed by atoms with Crippen molar-refractivity contribution in [1.82, 2.24) is 14.9 Å². The van der Waals surface area contributed by atoms with Crippen molar-refractivity contribution in [3.63, 3.8) is 0 Å². The van der Waals surface area contributed by atoms with Crippen LogP contribution < -0.4 is 5.32 Å². The fourth-order valence-corrected chi connectivity index (χ4v) is 4.01. The van der Waals surface area contributed by atoms with Crippen molar-refractivity contribution in [1.29, 1.82) is 0 Å². The molecule has 0 saturated carbocycles. The zero-order valence-corrected chi connectivity index (χ0v) is 13.9. The lowest BCUT2D eigenvalue weighted by Gasteiger charge is -2.09. The average molecular weight is 364 g/mol. The number of carbonyl (C=O) groups excluding carboxylic acids is 1. The molecule has 0 saturated heterocycles. The molecule has 0 aromatic carbocycles. The quantitative estimate of drug-likeness (QED) is 0.765. The minimum Gasteiger partial charge on any atom is -0.347 e. The van der Waals surface area contributed by atoms with E-state index in [1.807, 2.05) is 29.7 Å². The standard InChI is InChI=1S/C15H14BrN3OS/c1-2-19-12(7-13-14(19)11(16)9-21-13)15(20)18-8-10-3-5-17-6-4-10/h3-7,9H,2,8H2,1H3,(H,18,20). The van der Waals surface area contributed by atoms with Gasteiger partial charge in [-0.05, 0) is 46.6 Å². The van der Waals surface area contributed by atoms with E-state index in [-0.39, 0.29) is 5.91 Å². The monoisotopic (exact) mass is 363 g/mol. The molecule has 3 rings (SSSR count). The molecule has 0 atom stereocenters. The summed E-state index contributed by atoms with van der Waals surface area (Å²) in [4.78, 5) is 16.4. The first kappa shape index (κ1) is 14.3. The molecular formula is C15H14BrN3OS. The van der Waals surface area contributed by atoms with Gasteiger partial charge in [0.05, 0.1) is 14.7 Å². The van der Waals surface area contributed by atoms with Crippen molar-refractivity contribution in [2.24, 2.45) is 0 Å². The number of hydrogen-bond donors (Lipinski definition) is 1. The van der Waals surface area contributed by atoms with E-state index in [1.54, 1.807) is 23.7 Å². The van der Waals surface area contributed by atoms with E-state index in [4.69, 9.17) is 0 Å². The van der Waals surface area contributed by atoms with Gasteiger partial charge in [-0.2, -0.15) is 0 Å². The third-order valence-corrected chi connectivity index (χ3v) is 5.16. The average Bonchev–Trinajstić information content (AvgIpc) is 3.06. The van der Waals surface area contributed by atoms with Gasteiger partial charge < -0.3 is 9.88 Å². The molecule has 0 fully saturated rings. The van der Waals surface area contributed by atoms with E-state index in [1.165, 1.54) is 0 Å². The molecule has 0 aliphatic rings. The predicted octanol–water partition coefficient (Wildman–Crippen LogP) is 3.81. The fraction of sp³-hybridized carbons (Fsp3) is 0.200. The summed E-state index contributed by atoms with van der Waals surface area (Å²) in [6.07, 6.45) is 3.45. The second-order valence-electron chi connectivity index (χ2n) is 4.61. The van der Waals surface area contributed by atoms with Crippen LogP contribution >= 0.6 is 27.3 Å². The van der Waals surface area contributed by atoms with E-state index in [0.717, 1.165) is 26.8 Å². The van der Waals surface area contributed by atoms with Gasteiger partial charge in [0.15, 0.2) is 0 Å². The van der Waals surface area contributed by atoms with Crippen LogP contribution in [-0.4, -0.2) is 15.5 Å². The van der Waals surface area contributed by atoms with Gasteiger partial charge in [-0.3, -0.25) is 9.78 Å². The Kier molecular flexibility index (Phi) is 4.07. The third-order valence-electron chi connectivity index (χ3n) is 3.33. The Hall–Kier alpha value is -1.66. The number of fused-ring (bicyclic) bond motifs is 1. The topological polar surface area (TPSA) is 46.9 Å². The van der Waals surface area contributed by atoms with Crippen molar-refractivity contribution < 1.29 is 4.79 Å². The van der Waals surface area contributed by atoms with Gasteiger partial charge in [0, 0.05) is 30.9 Å². The van der Waals surface area contributed by atoms with E-state index >= 15 is 0 Å². The van der Waals surface area contributed by atoms with Gasteiger partial charge in [-0.1, -0.05) is 0 Å². The number of aromatic nitrogens is 2. The van der Waals surface area contributed by atoms with Gasteiger partial charge in [0.25, 0.3) is 5.91 Å². The lowest BCUT2D eigenvalue weighted by atomic mass is 10.2. The normalized spacial score (nSPS) is 11.0. The van der Waals surface area contributed by atoms with Crippen LogP contribution in [0.15, 0.2) is 40.4 Å². The highest BCUT2D eigenvalue weighted by Gasteiger charge is 2.17. The summed E-state index contributed by atoms with van der Waals surface area (Å²) in [5.41, 5.74) is 2.83. The fourth-order valence-electron chi connectivity index (χ4n) is 2.32. The molecule has 21 heavy (non-hydrogen) atoms. The van der Waals surface area contributed by atoms with Gasteiger partial charge in [-0.25, -0.2) is 0 Å². The van der Waals surface area contributed by atoms with Gasteiger partial charge in [-0.15, -0.1) is 11.3 Å². The highest BCUT2D eigenvalue weighted by molar-refractivity contribution is 9.10. The lowest BCUT2D eigenvalue weighted by Crippen LogP contribution is -2.25.